The summed E-state index contributed by atoms with van der Waals surface area (Å²) in [6, 6.07) is 6.52. The van der Waals surface area contributed by atoms with Gasteiger partial charge < -0.3 is 9.42 Å². The summed E-state index contributed by atoms with van der Waals surface area (Å²) in [6.45, 7) is 0.652. The van der Waals surface area contributed by atoms with Gasteiger partial charge in [0.05, 0.1) is 18.4 Å². The number of hydrogen-bond donors (Lipinski definition) is 1. The van der Waals surface area contributed by atoms with Gasteiger partial charge in [0, 0.05) is 42.1 Å². The zero-order valence-electron chi connectivity index (χ0n) is 19.6. The molecule has 37 heavy (non-hydrogen) atoms. The SMILES string of the molecule is O=C1CCC(N2C(=O)C3=C(C2=O)N(Cc2nc(-c4cccc(-c5cnccn5)c4)no2)CCC3)C(=O)N1. The molecule has 186 valence electrons. The number of carbonyl (C=O) groups is 4. The molecule has 1 fully saturated rings. The van der Waals surface area contributed by atoms with Crippen molar-refractivity contribution in [1.29, 1.82) is 0 Å². The fraction of sp³-hybridized carbons (Fsp3) is 0.280. The molecule has 12 nitrogen and oxygen atoms in total. The summed E-state index contributed by atoms with van der Waals surface area (Å²) in [5.41, 5.74) is 2.92. The van der Waals surface area contributed by atoms with Crippen LogP contribution in [0.15, 0.2) is 58.6 Å². The second-order valence-corrected chi connectivity index (χ2v) is 8.98. The zero-order valence-corrected chi connectivity index (χ0v) is 19.6. The van der Waals surface area contributed by atoms with Gasteiger partial charge in [-0.1, -0.05) is 23.4 Å². The smallest absolute Gasteiger partial charge is 0.278 e. The molecule has 0 bridgehead atoms. The molecule has 6 rings (SSSR count). The van der Waals surface area contributed by atoms with Gasteiger partial charge >= 0.3 is 0 Å². The number of hydrogen-bond acceptors (Lipinski definition) is 10. The predicted molar refractivity (Wildman–Crippen MR) is 125 cm³/mol. The Morgan fingerprint density at radius 2 is 1.92 bits per heavy atom. The van der Waals surface area contributed by atoms with Crippen LogP contribution in [-0.2, 0) is 25.7 Å². The second kappa shape index (κ2) is 9.04. The number of piperidine rings is 1. The Hall–Kier alpha value is -4.74. The lowest BCUT2D eigenvalue weighted by Gasteiger charge is -2.29. The molecular formula is C25H21N7O5. The van der Waals surface area contributed by atoms with Gasteiger partial charge in [0.25, 0.3) is 11.8 Å². The van der Waals surface area contributed by atoms with Crippen molar-refractivity contribution >= 4 is 23.6 Å². The van der Waals surface area contributed by atoms with Crippen molar-refractivity contribution in [3.05, 3.63) is 60.0 Å². The van der Waals surface area contributed by atoms with Crippen LogP contribution in [0.3, 0.4) is 0 Å². The number of benzene rings is 1. The lowest BCUT2D eigenvalue weighted by Crippen LogP contribution is -2.55. The van der Waals surface area contributed by atoms with E-state index >= 15 is 0 Å². The Kier molecular flexibility index (Phi) is 5.55. The van der Waals surface area contributed by atoms with Crippen molar-refractivity contribution in [1.82, 2.24) is 35.2 Å². The Morgan fingerprint density at radius 3 is 2.73 bits per heavy atom. The van der Waals surface area contributed by atoms with Crippen LogP contribution in [0.2, 0.25) is 0 Å². The largest absolute Gasteiger partial charge is 0.357 e. The average Bonchev–Trinajstić information content (AvgIpc) is 3.48. The molecule has 5 heterocycles. The molecule has 1 atom stereocenters. The molecule has 2 aromatic heterocycles. The Balaban J connectivity index is 1.22. The molecule has 12 heteroatoms. The molecule has 3 aromatic rings. The maximum Gasteiger partial charge on any atom is 0.278 e. The fourth-order valence-electron chi connectivity index (χ4n) is 4.93. The Morgan fingerprint density at radius 1 is 1.05 bits per heavy atom. The molecule has 3 aliphatic rings. The molecule has 0 saturated carbocycles. The normalized spacial score (nSPS) is 19.9. The summed E-state index contributed by atoms with van der Waals surface area (Å²) in [7, 11) is 0. The minimum atomic E-state index is -0.998. The molecule has 0 spiro atoms. The van der Waals surface area contributed by atoms with Crippen LogP contribution in [0.4, 0.5) is 0 Å². The third-order valence-electron chi connectivity index (χ3n) is 6.65. The molecule has 1 saturated heterocycles. The van der Waals surface area contributed by atoms with Crippen LogP contribution in [0.5, 0.6) is 0 Å². The van der Waals surface area contributed by atoms with Crippen molar-refractivity contribution in [2.45, 2.75) is 38.3 Å². The first-order valence-corrected chi connectivity index (χ1v) is 11.9. The van der Waals surface area contributed by atoms with Crippen molar-refractivity contribution < 1.29 is 23.7 Å². The maximum absolute atomic E-state index is 13.3. The molecule has 0 aliphatic carbocycles. The van der Waals surface area contributed by atoms with Gasteiger partial charge in [-0.25, -0.2) is 0 Å². The lowest BCUT2D eigenvalue weighted by molar-refractivity contribution is -0.150. The van der Waals surface area contributed by atoms with Crippen LogP contribution in [-0.4, -0.2) is 66.1 Å². The van der Waals surface area contributed by atoms with Crippen LogP contribution in [0.25, 0.3) is 22.6 Å². The molecule has 0 radical (unpaired) electrons. The number of nitrogens with zero attached hydrogens (tertiary/aromatic N) is 6. The van der Waals surface area contributed by atoms with E-state index < -0.39 is 29.7 Å². The van der Waals surface area contributed by atoms with E-state index in [0.29, 0.717) is 36.5 Å². The highest BCUT2D eigenvalue weighted by molar-refractivity contribution is 6.21. The molecule has 4 amide bonds. The van der Waals surface area contributed by atoms with Gasteiger partial charge in [0.15, 0.2) is 0 Å². The average molecular weight is 499 g/mol. The summed E-state index contributed by atoms with van der Waals surface area (Å²) in [5.74, 6) is -1.39. The lowest BCUT2D eigenvalue weighted by atomic mass is 10.0. The number of aromatic nitrogens is 4. The standard InChI is InChI=1S/C25H21N7O5/c33-19-7-6-18(23(34)28-19)32-24(35)16-5-2-10-31(21(16)25(32)36)13-20-29-22(30-37-20)15-4-1-3-14(11-15)17-12-26-8-9-27-17/h1,3-4,8-9,11-12,18H,2,5-7,10,13H2,(H,28,33,34). The highest BCUT2D eigenvalue weighted by Crippen LogP contribution is 2.35. The summed E-state index contributed by atoms with van der Waals surface area (Å²) in [4.78, 5) is 66.0. The summed E-state index contributed by atoms with van der Waals surface area (Å²) in [5, 5.41) is 6.32. The van der Waals surface area contributed by atoms with E-state index in [9.17, 15) is 19.2 Å². The number of rotatable bonds is 5. The maximum atomic E-state index is 13.3. The topological polar surface area (TPSA) is 151 Å². The van der Waals surface area contributed by atoms with Crippen LogP contribution in [0, 0.1) is 0 Å². The number of carbonyl (C=O) groups excluding carboxylic acids is 4. The van der Waals surface area contributed by atoms with Gasteiger partial charge in [0.1, 0.15) is 11.7 Å². The van der Waals surface area contributed by atoms with Crippen LogP contribution in [0.1, 0.15) is 31.6 Å². The van der Waals surface area contributed by atoms with Gasteiger partial charge in [-0.15, -0.1) is 0 Å². The third-order valence-corrected chi connectivity index (χ3v) is 6.65. The summed E-state index contributed by atoms with van der Waals surface area (Å²) in [6.07, 6.45) is 6.17. The van der Waals surface area contributed by atoms with E-state index in [1.165, 1.54) is 0 Å². The summed E-state index contributed by atoms with van der Waals surface area (Å²) >= 11 is 0. The minimum Gasteiger partial charge on any atom is -0.357 e. The first-order valence-electron chi connectivity index (χ1n) is 11.9. The highest BCUT2D eigenvalue weighted by Gasteiger charge is 2.48. The number of amides is 4. The van der Waals surface area contributed by atoms with E-state index in [4.69, 9.17) is 4.52 Å². The van der Waals surface area contributed by atoms with Gasteiger partial charge in [-0.3, -0.25) is 39.4 Å². The van der Waals surface area contributed by atoms with E-state index in [1.54, 1.807) is 23.5 Å². The quantitative estimate of drug-likeness (QED) is 0.507. The molecule has 3 aliphatic heterocycles. The Bertz CT molecular complexity index is 1460. The van der Waals surface area contributed by atoms with Crippen molar-refractivity contribution in [3.63, 3.8) is 0 Å². The van der Waals surface area contributed by atoms with Gasteiger partial charge in [0.2, 0.25) is 23.5 Å². The van der Waals surface area contributed by atoms with Gasteiger partial charge in [-0.2, -0.15) is 4.98 Å². The molecule has 1 unspecified atom stereocenters. The number of imide groups is 2. The monoisotopic (exact) mass is 499 g/mol. The van der Waals surface area contributed by atoms with E-state index in [0.717, 1.165) is 16.0 Å². The van der Waals surface area contributed by atoms with Crippen molar-refractivity contribution in [2.75, 3.05) is 6.54 Å². The van der Waals surface area contributed by atoms with Crippen LogP contribution >= 0.6 is 0 Å². The second-order valence-electron chi connectivity index (χ2n) is 8.98. The van der Waals surface area contributed by atoms with Crippen molar-refractivity contribution in [3.8, 4) is 22.6 Å². The highest BCUT2D eigenvalue weighted by atomic mass is 16.5. The van der Waals surface area contributed by atoms with Gasteiger partial charge in [-0.05, 0) is 25.3 Å². The third kappa shape index (κ3) is 4.05. The molecular weight excluding hydrogens is 478 g/mol. The summed E-state index contributed by atoms with van der Waals surface area (Å²) < 4.78 is 5.49. The van der Waals surface area contributed by atoms with E-state index in [1.807, 2.05) is 24.3 Å². The first-order chi connectivity index (χ1) is 18.0. The first kappa shape index (κ1) is 22.7. The Labute approximate surface area is 210 Å². The van der Waals surface area contributed by atoms with E-state index in [2.05, 4.69) is 25.4 Å². The van der Waals surface area contributed by atoms with E-state index in [-0.39, 0.29) is 31.0 Å². The van der Waals surface area contributed by atoms with Crippen molar-refractivity contribution in [2.24, 2.45) is 0 Å². The minimum absolute atomic E-state index is 0.0741. The zero-order chi connectivity index (χ0) is 25.5. The number of nitrogens with one attached hydrogen (secondary N) is 1. The van der Waals surface area contributed by atoms with Crippen LogP contribution < -0.4 is 5.32 Å². The predicted octanol–water partition coefficient (Wildman–Crippen LogP) is 1.22. The molecule has 1 N–H and O–H groups in total. The molecule has 1 aromatic carbocycles. The fourth-order valence-corrected chi connectivity index (χ4v) is 4.93.